The number of nitrogens with zero attached hydrogens (tertiary/aromatic N) is 3. The highest BCUT2D eigenvalue weighted by atomic mass is 16.3. The van der Waals surface area contributed by atoms with E-state index >= 15 is 0 Å². The molecule has 0 saturated carbocycles. The zero-order valence-electron chi connectivity index (χ0n) is 29.1. The molecule has 54 heavy (non-hydrogen) atoms. The highest BCUT2D eigenvalue weighted by molar-refractivity contribution is 6.20. The van der Waals surface area contributed by atoms with Gasteiger partial charge in [-0.1, -0.05) is 103 Å². The first-order valence-electron chi connectivity index (χ1n) is 18.4. The van der Waals surface area contributed by atoms with Crippen molar-refractivity contribution in [1.29, 1.82) is 0 Å². The minimum Gasteiger partial charge on any atom is -0.439 e. The molecule has 0 radical (unpaired) electrons. The van der Waals surface area contributed by atoms with Crippen molar-refractivity contribution >= 4 is 76.6 Å². The summed E-state index contributed by atoms with van der Waals surface area (Å²) in [5, 5.41) is 8.40. The van der Waals surface area contributed by atoms with E-state index in [1.165, 1.54) is 49.0 Å². The summed E-state index contributed by atoms with van der Waals surface area (Å²) in [5.41, 5.74) is 13.3. The number of hydrogen-bond donors (Lipinski definition) is 0. The van der Waals surface area contributed by atoms with E-state index < -0.39 is 0 Å². The minimum atomic E-state index is 0.869. The molecule has 0 atom stereocenters. The van der Waals surface area contributed by atoms with E-state index in [0.717, 1.165) is 55.8 Å². The molecular formula is C50H31N3O. The smallest absolute Gasteiger partial charge is 0.213 e. The van der Waals surface area contributed by atoms with Gasteiger partial charge in [0.2, 0.25) is 5.71 Å². The van der Waals surface area contributed by atoms with Gasteiger partial charge in [0.1, 0.15) is 5.58 Å². The maximum absolute atomic E-state index is 6.79. The molecule has 4 heterocycles. The first-order valence-corrected chi connectivity index (χ1v) is 18.4. The third-order valence-corrected chi connectivity index (χ3v) is 11.2. The zero-order chi connectivity index (χ0) is 35.3. The number of fused-ring (bicyclic) bond motifs is 11. The van der Waals surface area contributed by atoms with E-state index in [4.69, 9.17) is 4.42 Å². The van der Waals surface area contributed by atoms with Crippen molar-refractivity contribution in [3.63, 3.8) is 0 Å². The Morgan fingerprint density at radius 2 is 0.778 bits per heavy atom. The van der Waals surface area contributed by atoms with Gasteiger partial charge in [0.05, 0.1) is 33.0 Å². The van der Waals surface area contributed by atoms with Crippen LogP contribution in [0.4, 0.5) is 0 Å². The summed E-state index contributed by atoms with van der Waals surface area (Å²) in [4.78, 5) is 0. The van der Waals surface area contributed by atoms with Gasteiger partial charge in [-0.05, 0) is 96.1 Å². The molecule has 0 unspecified atom stereocenters. The second-order valence-electron chi connectivity index (χ2n) is 14.2. The van der Waals surface area contributed by atoms with Crippen molar-refractivity contribution in [2.75, 3.05) is 0 Å². The van der Waals surface area contributed by atoms with Crippen LogP contribution in [0.5, 0.6) is 0 Å². The van der Waals surface area contributed by atoms with E-state index in [0.29, 0.717) is 0 Å². The topological polar surface area (TPSA) is 27.9 Å². The van der Waals surface area contributed by atoms with E-state index in [9.17, 15) is 0 Å². The molecule has 4 nitrogen and oxygen atoms in total. The van der Waals surface area contributed by atoms with Crippen LogP contribution in [-0.4, -0.2) is 13.7 Å². The summed E-state index contributed by atoms with van der Waals surface area (Å²) in [6.45, 7) is 0. The number of para-hydroxylation sites is 5. The maximum Gasteiger partial charge on any atom is 0.213 e. The van der Waals surface area contributed by atoms with Gasteiger partial charge in [0, 0.05) is 49.4 Å². The van der Waals surface area contributed by atoms with Gasteiger partial charge in [-0.3, -0.25) is 4.57 Å². The molecule has 12 aromatic rings. The Balaban J connectivity index is 1.08. The number of benzene rings is 8. The van der Waals surface area contributed by atoms with Crippen LogP contribution in [-0.2, 0) is 0 Å². The van der Waals surface area contributed by atoms with E-state index in [2.05, 4.69) is 202 Å². The maximum atomic E-state index is 6.79. The predicted molar refractivity (Wildman–Crippen MR) is 225 cm³/mol. The van der Waals surface area contributed by atoms with E-state index in [-0.39, 0.29) is 0 Å². The van der Waals surface area contributed by atoms with Gasteiger partial charge in [-0.25, -0.2) is 0 Å². The summed E-state index contributed by atoms with van der Waals surface area (Å²) < 4.78 is 13.8. The lowest BCUT2D eigenvalue weighted by Crippen LogP contribution is -1.95. The number of aromatic nitrogens is 3. The van der Waals surface area contributed by atoms with Crippen molar-refractivity contribution in [3.8, 4) is 28.2 Å². The molecule has 4 aromatic heterocycles. The highest BCUT2D eigenvalue weighted by Crippen LogP contribution is 2.42. The molecule has 0 bridgehead atoms. The van der Waals surface area contributed by atoms with E-state index in [1.54, 1.807) is 0 Å². The fourth-order valence-corrected chi connectivity index (χ4v) is 8.89. The molecule has 0 saturated heterocycles. The van der Waals surface area contributed by atoms with Crippen LogP contribution >= 0.6 is 0 Å². The van der Waals surface area contributed by atoms with Gasteiger partial charge < -0.3 is 13.6 Å². The highest BCUT2D eigenvalue weighted by Gasteiger charge is 2.21. The summed E-state index contributed by atoms with van der Waals surface area (Å²) in [6, 6.07) is 67.6. The molecule has 0 aliphatic heterocycles. The largest absolute Gasteiger partial charge is 0.439 e. The average Bonchev–Trinajstić information content (AvgIpc) is 3.96. The lowest BCUT2D eigenvalue weighted by atomic mass is 10.0. The lowest BCUT2D eigenvalue weighted by Gasteiger charge is -2.10. The summed E-state index contributed by atoms with van der Waals surface area (Å²) in [5.74, 6) is 0. The van der Waals surface area contributed by atoms with Crippen LogP contribution in [0.25, 0.3) is 105 Å². The Kier molecular flexibility index (Phi) is 6.02. The molecule has 12 rings (SSSR count). The Bertz CT molecular complexity index is 3380. The second kappa shape index (κ2) is 11.1. The fraction of sp³-hybridized carbons (Fsp3) is 0. The Labute approximate surface area is 309 Å². The standard InChI is InChI=1S/C50H31N3O/c1-3-13-34(14-4-1)51-46-27-24-32(29-41(46)42-31-36(25-28-47(42)51)52-43-20-10-7-17-37(43)38-18-8-11-21-44(38)52)33-23-26-40-48(30-33)54-50-49(40)39-19-9-12-22-45(39)53(50)35-15-5-2-6-16-35/h1-31H. The minimum absolute atomic E-state index is 0.869. The number of rotatable bonds is 4. The molecular weight excluding hydrogens is 659 g/mol. The zero-order valence-corrected chi connectivity index (χ0v) is 29.1. The van der Waals surface area contributed by atoms with Crippen LogP contribution in [0.3, 0.4) is 0 Å². The molecule has 4 heteroatoms. The normalized spacial score (nSPS) is 12.1. The SMILES string of the molecule is c1ccc(-n2c3ccc(-c4ccc5c(c4)oc4c5c5ccccc5n4-c4ccccc4)cc3c3cc(-n4c5ccccc5c5ccccc54)ccc32)cc1. The number of hydrogen-bond acceptors (Lipinski definition) is 1. The van der Waals surface area contributed by atoms with Crippen molar-refractivity contribution in [3.05, 3.63) is 188 Å². The monoisotopic (exact) mass is 689 g/mol. The van der Waals surface area contributed by atoms with Crippen molar-refractivity contribution in [2.24, 2.45) is 0 Å². The lowest BCUT2D eigenvalue weighted by molar-refractivity contribution is 0.645. The molecule has 0 N–H and O–H groups in total. The average molecular weight is 690 g/mol. The number of furan rings is 1. The van der Waals surface area contributed by atoms with Crippen molar-refractivity contribution in [1.82, 2.24) is 13.7 Å². The molecule has 0 amide bonds. The first kappa shape index (κ1) is 29.3. The van der Waals surface area contributed by atoms with Gasteiger partial charge >= 0.3 is 0 Å². The van der Waals surface area contributed by atoms with Gasteiger partial charge in [-0.15, -0.1) is 0 Å². The van der Waals surface area contributed by atoms with Crippen LogP contribution < -0.4 is 0 Å². The molecule has 0 aliphatic carbocycles. The molecule has 0 aliphatic rings. The molecule has 252 valence electrons. The molecule has 8 aromatic carbocycles. The third kappa shape index (κ3) is 4.08. The predicted octanol–water partition coefficient (Wildman–Crippen LogP) is 13.4. The quantitative estimate of drug-likeness (QED) is 0.181. The first-order chi connectivity index (χ1) is 26.8. The van der Waals surface area contributed by atoms with Crippen LogP contribution in [0.15, 0.2) is 192 Å². The Morgan fingerprint density at radius 1 is 0.296 bits per heavy atom. The van der Waals surface area contributed by atoms with Crippen LogP contribution in [0.1, 0.15) is 0 Å². The van der Waals surface area contributed by atoms with Crippen molar-refractivity contribution < 1.29 is 4.42 Å². The molecule has 0 spiro atoms. The van der Waals surface area contributed by atoms with Gasteiger partial charge in [0.25, 0.3) is 0 Å². The van der Waals surface area contributed by atoms with Crippen molar-refractivity contribution in [2.45, 2.75) is 0 Å². The Hall–Kier alpha value is -7.30. The summed E-state index contributed by atoms with van der Waals surface area (Å²) in [6.07, 6.45) is 0. The second-order valence-corrected chi connectivity index (χ2v) is 14.2. The fourth-order valence-electron chi connectivity index (χ4n) is 8.89. The van der Waals surface area contributed by atoms with Gasteiger partial charge in [-0.2, -0.15) is 0 Å². The van der Waals surface area contributed by atoms with Gasteiger partial charge in [0.15, 0.2) is 0 Å². The summed E-state index contributed by atoms with van der Waals surface area (Å²) in [7, 11) is 0. The molecule has 0 fully saturated rings. The third-order valence-electron chi connectivity index (χ3n) is 11.2. The van der Waals surface area contributed by atoms with Crippen LogP contribution in [0, 0.1) is 0 Å². The Morgan fingerprint density at radius 3 is 1.46 bits per heavy atom. The van der Waals surface area contributed by atoms with Crippen LogP contribution in [0.2, 0.25) is 0 Å². The summed E-state index contributed by atoms with van der Waals surface area (Å²) >= 11 is 0. The van der Waals surface area contributed by atoms with E-state index in [1.807, 2.05) is 0 Å².